The van der Waals surface area contributed by atoms with Crippen LogP contribution in [-0.4, -0.2) is 34.7 Å². The first kappa shape index (κ1) is 13.4. The molecule has 0 unspecified atom stereocenters. The highest BCUT2D eigenvalue weighted by Crippen LogP contribution is 2.33. The van der Waals surface area contributed by atoms with Gasteiger partial charge in [-0.15, -0.1) is 0 Å². The molecule has 1 saturated heterocycles. The Morgan fingerprint density at radius 1 is 1.50 bits per heavy atom. The number of hydrogen-bond acceptors (Lipinski definition) is 2. The molecule has 6 heteroatoms. The first-order valence-electron chi connectivity index (χ1n) is 5.46. The largest absolute Gasteiger partial charge is 0.507 e. The van der Waals surface area contributed by atoms with E-state index in [1.165, 1.54) is 24.0 Å². The Morgan fingerprint density at radius 2 is 2.17 bits per heavy atom. The molecule has 3 nitrogen and oxygen atoms in total. The number of benzene rings is 1. The molecule has 0 radical (unpaired) electrons. The number of nitrogens with zero attached hydrogens (tertiary/aromatic N) is 1. The van der Waals surface area contributed by atoms with Crippen molar-refractivity contribution in [2.24, 2.45) is 0 Å². The van der Waals surface area contributed by atoms with Crippen molar-refractivity contribution in [2.75, 3.05) is 13.1 Å². The van der Waals surface area contributed by atoms with Crippen LogP contribution in [0.2, 0.25) is 10.0 Å². The molecule has 1 atom stereocenters. The van der Waals surface area contributed by atoms with E-state index in [1.807, 2.05) is 0 Å². The van der Waals surface area contributed by atoms with Crippen molar-refractivity contribution in [2.45, 2.75) is 19.0 Å². The monoisotopic (exact) mass is 291 g/mol. The Hall–Kier alpha value is -1.000. The van der Waals surface area contributed by atoms with Crippen LogP contribution in [0.4, 0.5) is 4.39 Å². The predicted molar refractivity (Wildman–Crippen MR) is 68.2 cm³/mol. The van der Waals surface area contributed by atoms with Crippen LogP contribution in [0.3, 0.4) is 0 Å². The van der Waals surface area contributed by atoms with Gasteiger partial charge in [-0.25, -0.2) is 4.39 Å². The average Bonchev–Trinajstić information content (AvgIpc) is 2.57. The zero-order chi connectivity index (χ0) is 13.5. The van der Waals surface area contributed by atoms with Crippen molar-refractivity contribution in [3.63, 3.8) is 0 Å². The predicted octanol–water partition coefficient (Wildman–Crippen LogP) is 3.27. The maximum atomic E-state index is 13.7. The van der Waals surface area contributed by atoms with E-state index in [4.69, 9.17) is 23.2 Å². The number of rotatable bonds is 1. The quantitative estimate of drug-likeness (QED) is 0.863. The highest BCUT2D eigenvalue weighted by Gasteiger charge is 2.37. The minimum absolute atomic E-state index is 0.00420. The zero-order valence-corrected chi connectivity index (χ0v) is 11.2. The molecule has 1 amide bonds. The van der Waals surface area contributed by atoms with E-state index in [0.29, 0.717) is 6.54 Å². The minimum atomic E-state index is -1.38. The van der Waals surface area contributed by atoms with Crippen LogP contribution in [-0.2, 0) is 0 Å². The van der Waals surface area contributed by atoms with Crippen LogP contribution in [0, 0.1) is 0 Å². The topological polar surface area (TPSA) is 40.5 Å². The molecule has 1 aromatic rings. The SMILES string of the molecule is C[C@@]1(F)CCN(C(=O)c2c(O)cc(Cl)cc2Cl)C1. The number of carbonyl (C=O) groups is 1. The number of hydrogen-bond donors (Lipinski definition) is 1. The van der Waals surface area contributed by atoms with Crippen LogP contribution in [0.1, 0.15) is 23.7 Å². The van der Waals surface area contributed by atoms with Crippen molar-refractivity contribution in [3.05, 3.63) is 27.7 Å². The summed E-state index contributed by atoms with van der Waals surface area (Å²) in [7, 11) is 0. The molecule has 98 valence electrons. The second-order valence-corrected chi connectivity index (χ2v) is 5.52. The fraction of sp³-hybridized carbons (Fsp3) is 0.417. The van der Waals surface area contributed by atoms with E-state index in [-0.39, 0.29) is 34.3 Å². The fourth-order valence-electron chi connectivity index (χ4n) is 2.03. The zero-order valence-electron chi connectivity index (χ0n) is 9.71. The van der Waals surface area contributed by atoms with Crippen molar-refractivity contribution in [1.29, 1.82) is 0 Å². The van der Waals surface area contributed by atoms with Gasteiger partial charge in [-0.05, 0) is 19.1 Å². The van der Waals surface area contributed by atoms with Gasteiger partial charge in [-0.3, -0.25) is 4.79 Å². The number of phenols is 1. The van der Waals surface area contributed by atoms with Gasteiger partial charge >= 0.3 is 0 Å². The third-order valence-electron chi connectivity index (χ3n) is 2.96. The molecule has 18 heavy (non-hydrogen) atoms. The lowest BCUT2D eigenvalue weighted by molar-refractivity contribution is 0.0758. The van der Waals surface area contributed by atoms with E-state index in [2.05, 4.69) is 0 Å². The third-order valence-corrected chi connectivity index (χ3v) is 3.48. The standard InChI is InChI=1S/C12H12Cl2FNO2/c1-12(15)2-3-16(6-12)11(18)10-8(14)4-7(13)5-9(10)17/h4-5,17H,2-3,6H2,1H3/t12-/m1/s1. The highest BCUT2D eigenvalue weighted by atomic mass is 35.5. The Morgan fingerprint density at radius 3 is 2.67 bits per heavy atom. The van der Waals surface area contributed by atoms with Crippen LogP contribution in [0.5, 0.6) is 5.75 Å². The molecule has 0 spiro atoms. The normalized spacial score (nSPS) is 23.4. The molecule has 1 heterocycles. The van der Waals surface area contributed by atoms with Gasteiger partial charge in [0.1, 0.15) is 11.4 Å². The van der Waals surface area contributed by atoms with Crippen molar-refractivity contribution in [1.82, 2.24) is 4.90 Å². The number of phenolic OH excluding ortho intramolecular Hbond substituents is 1. The van der Waals surface area contributed by atoms with E-state index in [9.17, 15) is 14.3 Å². The van der Waals surface area contributed by atoms with Gasteiger partial charge in [0.2, 0.25) is 0 Å². The van der Waals surface area contributed by atoms with Crippen molar-refractivity contribution < 1.29 is 14.3 Å². The van der Waals surface area contributed by atoms with Gasteiger partial charge in [0.05, 0.1) is 17.1 Å². The maximum Gasteiger partial charge on any atom is 0.259 e. The summed E-state index contributed by atoms with van der Waals surface area (Å²) in [6.45, 7) is 1.76. The molecule has 1 aliphatic heterocycles. The van der Waals surface area contributed by atoms with Crippen LogP contribution >= 0.6 is 23.2 Å². The second-order valence-electron chi connectivity index (χ2n) is 4.67. The molecule has 1 fully saturated rings. The van der Waals surface area contributed by atoms with Gasteiger partial charge in [0, 0.05) is 18.0 Å². The number of amides is 1. The molecule has 0 aromatic heterocycles. The van der Waals surface area contributed by atoms with E-state index in [1.54, 1.807) is 0 Å². The maximum absolute atomic E-state index is 13.7. The molecular weight excluding hydrogens is 280 g/mol. The third kappa shape index (κ3) is 2.54. The lowest BCUT2D eigenvalue weighted by Gasteiger charge is -2.19. The Balaban J connectivity index is 2.30. The minimum Gasteiger partial charge on any atom is -0.507 e. The van der Waals surface area contributed by atoms with Gasteiger partial charge < -0.3 is 10.0 Å². The Labute approximate surface area is 114 Å². The lowest BCUT2D eigenvalue weighted by atomic mass is 10.1. The number of aromatic hydroxyl groups is 1. The molecular formula is C12H12Cl2FNO2. The highest BCUT2D eigenvalue weighted by molar-refractivity contribution is 6.37. The first-order valence-corrected chi connectivity index (χ1v) is 6.22. The summed E-state index contributed by atoms with van der Waals surface area (Å²) in [5, 5.41) is 10.0. The summed E-state index contributed by atoms with van der Waals surface area (Å²) in [6, 6.07) is 2.62. The first-order chi connectivity index (χ1) is 8.30. The average molecular weight is 292 g/mol. The van der Waals surface area contributed by atoms with E-state index >= 15 is 0 Å². The summed E-state index contributed by atoms with van der Waals surface area (Å²) in [5.74, 6) is -0.763. The summed E-state index contributed by atoms with van der Waals surface area (Å²) in [4.78, 5) is 13.5. The van der Waals surface area contributed by atoms with E-state index in [0.717, 1.165) is 0 Å². The summed E-state index contributed by atoms with van der Waals surface area (Å²) >= 11 is 11.6. The number of halogens is 3. The van der Waals surface area contributed by atoms with Crippen LogP contribution < -0.4 is 0 Å². The second kappa shape index (κ2) is 4.59. The molecule has 1 aromatic carbocycles. The summed E-state index contributed by atoms with van der Waals surface area (Å²) < 4.78 is 13.7. The molecule has 0 saturated carbocycles. The Bertz CT molecular complexity index is 482. The smallest absolute Gasteiger partial charge is 0.259 e. The van der Waals surface area contributed by atoms with Gasteiger partial charge in [0.15, 0.2) is 0 Å². The molecule has 1 N–H and O–H groups in total. The van der Waals surface area contributed by atoms with Crippen molar-refractivity contribution in [3.8, 4) is 5.75 Å². The van der Waals surface area contributed by atoms with Gasteiger partial charge in [0.25, 0.3) is 5.91 Å². The number of carbonyl (C=O) groups excluding carboxylic acids is 1. The molecule has 0 aliphatic carbocycles. The number of alkyl halides is 1. The van der Waals surface area contributed by atoms with E-state index < -0.39 is 11.6 Å². The summed E-state index contributed by atoms with van der Waals surface area (Å²) in [6.07, 6.45) is 0.282. The summed E-state index contributed by atoms with van der Waals surface area (Å²) in [5.41, 5.74) is -1.41. The Kier molecular flexibility index (Phi) is 3.43. The van der Waals surface area contributed by atoms with Crippen LogP contribution in [0.25, 0.3) is 0 Å². The van der Waals surface area contributed by atoms with Gasteiger partial charge in [-0.1, -0.05) is 23.2 Å². The van der Waals surface area contributed by atoms with Crippen molar-refractivity contribution >= 4 is 29.1 Å². The van der Waals surface area contributed by atoms with Gasteiger partial charge in [-0.2, -0.15) is 0 Å². The number of likely N-dealkylation sites (tertiary alicyclic amines) is 1. The molecule has 1 aliphatic rings. The van der Waals surface area contributed by atoms with Crippen LogP contribution in [0.15, 0.2) is 12.1 Å². The molecule has 2 rings (SSSR count). The lowest BCUT2D eigenvalue weighted by Crippen LogP contribution is -2.32. The molecule has 0 bridgehead atoms. The fourth-order valence-corrected chi connectivity index (χ4v) is 2.59.